The van der Waals surface area contributed by atoms with Crippen LogP contribution in [0.25, 0.3) is 0 Å². The first-order valence-corrected chi connectivity index (χ1v) is 7.83. The number of carbonyl (C=O) groups is 1. The van der Waals surface area contributed by atoms with Crippen molar-refractivity contribution in [3.63, 3.8) is 0 Å². The van der Waals surface area contributed by atoms with E-state index >= 15 is 0 Å². The number of imidazole rings is 1. The van der Waals surface area contributed by atoms with Crippen molar-refractivity contribution >= 4 is 5.91 Å². The number of hydrogen-bond donors (Lipinski definition) is 0. The van der Waals surface area contributed by atoms with Gasteiger partial charge in [0.05, 0.1) is 11.7 Å². The maximum atomic E-state index is 12.6. The number of carbonyl (C=O) groups excluding carboxylic acids is 1. The van der Waals surface area contributed by atoms with Gasteiger partial charge in [-0.25, -0.2) is 4.98 Å². The normalized spacial score (nSPS) is 18.7. The Morgan fingerprint density at radius 2 is 2.18 bits per heavy atom. The Balaban J connectivity index is 1.68. The molecule has 0 saturated carbocycles. The first-order chi connectivity index (χ1) is 10.5. The molecule has 0 aromatic carbocycles. The summed E-state index contributed by atoms with van der Waals surface area (Å²) in [7, 11) is 0. The van der Waals surface area contributed by atoms with E-state index in [4.69, 9.17) is 0 Å². The predicted octanol–water partition coefficient (Wildman–Crippen LogP) is 1.87. The molecule has 0 bridgehead atoms. The minimum Gasteiger partial charge on any atom is -0.339 e. The van der Waals surface area contributed by atoms with E-state index in [-0.39, 0.29) is 5.91 Å². The summed E-state index contributed by atoms with van der Waals surface area (Å²) in [4.78, 5) is 18.8. The summed E-state index contributed by atoms with van der Waals surface area (Å²) in [5.41, 5.74) is 1.99. The third-order valence-corrected chi connectivity index (χ3v) is 4.39. The molecule has 2 aromatic rings. The monoisotopic (exact) mass is 301 g/mol. The maximum Gasteiger partial charge on any atom is 0.244 e. The zero-order valence-electron chi connectivity index (χ0n) is 13.5. The van der Waals surface area contributed by atoms with Crippen molar-refractivity contribution in [3.8, 4) is 0 Å². The van der Waals surface area contributed by atoms with Crippen molar-refractivity contribution in [2.75, 3.05) is 13.1 Å². The molecular weight excluding hydrogens is 278 g/mol. The zero-order valence-corrected chi connectivity index (χ0v) is 13.5. The van der Waals surface area contributed by atoms with Crippen LogP contribution in [-0.4, -0.2) is 43.2 Å². The number of likely N-dealkylation sites (tertiary alicyclic amines) is 1. The summed E-state index contributed by atoms with van der Waals surface area (Å²) < 4.78 is 3.98. The van der Waals surface area contributed by atoms with Crippen molar-refractivity contribution < 1.29 is 4.79 Å². The highest BCUT2D eigenvalue weighted by molar-refractivity contribution is 5.76. The largest absolute Gasteiger partial charge is 0.339 e. The Morgan fingerprint density at radius 1 is 1.36 bits per heavy atom. The lowest BCUT2D eigenvalue weighted by Crippen LogP contribution is -2.42. The number of aromatic nitrogens is 4. The molecule has 1 aliphatic rings. The molecule has 22 heavy (non-hydrogen) atoms. The molecule has 3 rings (SSSR count). The molecule has 2 aromatic heterocycles. The van der Waals surface area contributed by atoms with Gasteiger partial charge in [-0.3, -0.25) is 9.48 Å². The molecule has 6 nitrogen and oxygen atoms in total. The third-order valence-electron chi connectivity index (χ3n) is 4.39. The fourth-order valence-electron chi connectivity index (χ4n) is 3.24. The second-order valence-corrected chi connectivity index (χ2v) is 6.10. The van der Waals surface area contributed by atoms with Crippen LogP contribution in [0.1, 0.15) is 36.1 Å². The number of rotatable bonds is 3. The average Bonchev–Trinajstić information content (AvgIpc) is 3.05. The van der Waals surface area contributed by atoms with E-state index in [0.29, 0.717) is 12.6 Å². The highest BCUT2D eigenvalue weighted by atomic mass is 16.2. The Hall–Kier alpha value is -2.11. The van der Waals surface area contributed by atoms with Crippen molar-refractivity contribution in [1.29, 1.82) is 0 Å². The lowest BCUT2D eigenvalue weighted by atomic mass is 10.1. The number of nitrogens with zero attached hydrogens (tertiary/aromatic N) is 5. The van der Waals surface area contributed by atoms with E-state index < -0.39 is 0 Å². The van der Waals surface area contributed by atoms with Crippen LogP contribution in [0.3, 0.4) is 0 Å². The molecule has 0 N–H and O–H groups in total. The molecule has 1 atom stereocenters. The summed E-state index contributed by atoms with van der Waals surface area (Å²) in [6.07, 6.45) is 5.97. The molecule has 0 radical (unpaired) electrons. The molecule has 1 amide bonds. The summed E-state index contributed by atoms with van der Waals surface area (Å²) >= 11 is 0. The van der Waals surface area contributed by atoms with Crippen LogP contribution >= 0.6 is 0 Å². The molecule has 3 heterocycles. The average molecular weight is 301 g/mol. The lowest BCUT2D eigenvalue weighted by Gasteiger charge is -2.34. The lowest BCUT2D eigenvalue weighted by molar-refractivity contribution is -0.133. The third kappa shape index (κ3) is 2.91. The molecule has 0 unspecified atom stereocenters. The second kappa shape index (κ2) is 5.94. The van der Waals surface area contributed by atoms with Gasteiger partial charge in [-0.05, 0) is 39.7 Å². The van der Waals surface area contributed by atoms with Gasteiger partial charge in [-0.2, -0.15) is 5.10 Å². The highest BCUT2D eigenvalue weighted by Gasteiger charge is 2.25. The zero-order chi connectivity index (χ0) is 15.7. The predicted molar refractivity (Wildman–Crippen MR) is 83.5 cm³/mol. The Kier molecular flexibility index (Phi) is 4.00. The van der Waals surface area contributed by atoms with E-state index in [1.165, 1.54) is 0 Å². The minimum atomic E-state index is 0.147. The van der Waals surface area contributed by atoms with Gasteiger partial charge in [0.2, 0.25) is 5.91 Å². The fraction of sp³-hybridized carbons (Fsp3) is 0.562. The molecule has 1 saturated heterocycles. The molecular formula is C16H23N5O. The SMILES string of the molecule is Cc1cc(C)n(CC(=O)N2CCC[C@H](n3ccnc3C)C2)n1. The van der Waals surface area contributed by atoms with E-state index in [1.54, 1.807) is 4.68 Å². The van der Waals surface area contributed by atoms with Gasteiger partial charge in [0.1, 0.15) is 12.4 Å². The van der Waals surface area contributed by atoms with Crippen LogP contribution in [0.4, 0.5) is 0 Å². The van der Waals surface area contributed by atoms with Gasteiger partial charge < -0.3 is 9.47 Å². The first-order valence-electron chi connectivity index (χ1n) is 7.83. The number of amides is 1. The topological polar surface area (TPSA) is 56.0 Å². The van der Waals surface area contributed by atoms with Gasteiger partial charge in [0.15, 0.2) is 0 Å². The molecule has 1 aliphatic heterocycles. The summed E-state index contributed by atoms with van der Waals surface area (Å²) in [5.74, 6) is 1.16. The van der Waals surface area contributed by atoms with E-state index in [9.17, 15) is 4.79 Å². The van der Waals surface area contributed by atoms with E-state index in [0.717, 1.165) is 43.1 Å². The molecule has 118 valence electrons. The Labute approximate surface area is 130 Å². The van der Waals surface area contributed by atoms with E-state index in [2.05, 4.69) is 14.6 Å². The standard InChI is InChI=1S/C16H23N5O/c1-12-9-13(2)21(18-12)11-16(22)19-7-4-5-15(10-19)20-8-6-17-14(20)3/h6,8-9,15H,4-5,7,10-11H2,1-3H3/t15-/m0/s1. The Bertz CT molecular complexity index is 672. The van der Waals surface area contributed by atoms with Crippen molar-refractivity contribution in [2.45, 2.75) is 46.2 Å². The van der Waals surface area contributed by atoms with Gasteiger partial charge in [-0.1, -0.05) is 0 Å². The quantitative estimate of drug-likeness (QED) is 0.869. The minimum absolute atomic E-state index is 0.147. The van der Waals surface area contributed by atoms with Gasteiger partial charge in [0, 0.05) is 31.2 Å². The summed E-state index contributed by atoms with van der Waals surface area (Å²) in [6, 6.07) is 2.34. The van der Waals surface area contributed by atoms with Gasteiger partial charge in [0.25, 0.3) is 0 Å². The van der Waals surface area contributed by atoms with Crippen LogP contribution < -0.4 is 0 Å². The van der Waals surface area contributed by atoms with Crippen molar-refractivity contribution in [3.05, 3.63) is 35.7 Å². The summed E-state index contributed by atoms with van der Waals surface area (Å²) in [5, 5.41) is 4.38. The summed E-state index contributed by atoms with van der Waals surface area (Å²) in [6.45, 7) is 7.87. The Morgan fingerprint density at radius 3 is 2.82 bits per heavy atom. The number of aryl methyl sites for hydroxylation is 3. The van der Waals surface area contributed by atoms with Crippen LogP contribution in [0, 0.1) is 20.8 Å². The van der Waals surface area contributed by atoms with Gasteiger partial charge in [-0.15, -0.1) is 0 Å². The van der Waals surface area contributed by atoms with Gasteiger partial charge >= 0.3 is 0 Å². The second-order valence-electron chi connectivity index (χ2n) is 6.10. The number of hydrogen-bond acceptors (Lipinski definition) is 3. The maximum absolute atomic E-state index is 12.6. The van der Waals surface area contributed by atoms with E-state index in [1.807, 2.05) is 44.1 Å². The van der Waals surface area contributed by atoms with Crippen LogP contribution in [0.5, 0.6) is 0 Å². The first kappa shape index (κ1) is 14.8. The van der Waals surface area contributed by atoms with Crippen molar-refractivity contribution in [1.82, 2.24) is 24.2 Å². The number of piperidine rings is 1. The van der Waals surface area contributed by atoms with Crippen LogP contribution in [-0.2, 0) is 11.3 Å². The fourth-order valence-corrected chi connectivity index (χ4v) is 3.24. The highest BCUT2D eigenvalue weighted by Crippen LogP contribution is 2.22. The molecule has 0 spiro atoms. The molecule has 1 fully saturated rings. The molecule has 0 aliphatic carbocycles. The van der Waals surface area contributed by atoms with Crippen LogP contribution in [0.15, 0.2) is 18.5 Å². The van der Waals surface area contributed by atoms with Crippen molar-refractivity contribution in [2.24, 2.45) is 0 Å². The van der Waals surface area contributed by atoms with Crippen LogP contribution in [0.2, 0.25) is 0 Å². The smallest absolute Gasteiger partial charge is 0.244 e. The molecule has 6 heteroatoms.